The van der Waals surface area contributed by atoms with Crippen LogP contribution in [-0.2, 0) is 5.41 Å². The van der Waals surface area contributed by atoms with Crippen LogP contribution in [0, 0.1) is 6.92 Å². The smallest absolute Gasteiger partial charge is 0.230 e. The predicted molar refractivity (Wildman–Crippen MR) is 118 cm³/mol. The highest BCUT2D eigenvalue weighted by atomic mass is 16.5. The van der Waals surface area contributed by atoms with E-state index in [0.717, 1.165) is 28.0 Å². The van der Waals surface area contributed by atoms with Crippen molar-refractivity contribution in [1.29, 1.82) is 0 Å². The van der Waals surface area contributed by atoms with Gasteiger partial charge in [-0.15, -0.1) is 0 Å². The Balaban J connectivity index is 1.75. The van der Waals surface area contributed by atoms with Crippen LogP contribution in [0.15, 0.2) is 47.2 Å². The molecule has 0 amide bonds. The Labute approximate surface area is 181 Å². The van der Waals surface area contributed by atoms with Crippen LogP contribution in [0.25, 0.3) is 22.2 Å². The van der Waals surface area contributed by atoms with E-state index in [1.54, 1.807) is 20.3 Å². The van der Waals surface area contributed by atoms with Crippen LogP contribution in [0.1, 0.15) is 32.1 Å². The Bertz CT molecular complexity index is 1240. The number of nitrogens with zero attached hydrogens (tertiary/aromatic N) is 3. The summed E-state index contributed by atoms with van der Waals surface area (Å²) in [4.78, 5) is 8.68. The maximum absolute atomic E-state index is 6.23. The SMILES string of the molecule is COc1cc2ncnc(Oc3cccc(-c4cc(C(C)(C)C)on4)c3C)c2cc1OC. The van der Waals surface area contributed by atoms with Gasteiger partial charge < -0.3 is 18.7 Å². The summed E-state index contributed by atoms with van der Waals surface area (Å²) in [6, 6.07) is 11.4. The van der Waals surface area contributed by atoms with Crippen LogP contribution in [0.5, 0.6) is 23.1 Å². The summed E-state index contributed by atoms with van der Waals surface area (Å²) in [5.74, 6) is 3.11. The monoisotopic (exact) mass is 419 g/mol. The summed E-state index contributed by atoms with van der Waals surface area (Å²) in [5, 5.41) is 4.99. The van der Waals surface area contributed by atoms with Crippen molar-refractivity contribution >= 4 is 10.9 Å². The molecule has 0 radical (unpaired) electrons. The van der Waals surface area contributed by atoms with Crippen molar-refractivity contribution in [3.8, 4) is 34.4 Å². The van der Waals surface area contributed by atoms with E-state index in [1.165, 1.54) is 6.33 Å². The molecule has 0 bridgehead atoms. The van der Waals surface area contributed by atoms with Gasteiger partial charge in [-0.25, -0.2) is 9.97 Å². The minimum atomic E-state index is -0.118. The van der Waals surface area contributed by atoms with Crippen LogP contribution >= 0.6 is 0 Å². The van der Waals surface area contributed by atoms with Crippen molar-refractivity contribution in [1.82, 2.24) is 15.1 Å². The number of benzene rings is 2. The highest BCUT2D eigenvalue weighted by molar-refractivity contribution is 5.87. The Morgan fingerprint density at radius 1 is 0.903 bits per heavy atom. The van der Waals surface area contributed by atoms with Gasteiger partial charge in [0.2, 0.25) is 5.88 Å². The fourth-order valence-corrected chi connectivity index (χ4v) is 3.30. The highest BCUT2D eigenvalue weighted by Crippen LogP contribution is 2.38. The lowest BCUT2D eigenvalue weighted by atomic mass is 9.92. The van der Waals surface area contributed by atoms with Gasteiger partial charge in [-0.1, -0.05) is 38.1 Å². The lowest BCUT2D eigenvalue weighted by Gasteiger charge is -2.14. The van der Waals surface area contributed by atoms with Crippen LogP contribution < -0.4 is 14.2 Å². The van der Waals surface area contributed by atoms with Gasteiger partial charge in [0.25, 0.3) is 0 Å². The number of hydrogen-bond acceptors (Lipinski definition) is 7. The molecular formula is C24H25N3O4. The van der Waals surface area contributed by atoms with Gasteiger partial charge in [-0.2, -0.15) is 0 Å². The average Bonchev–Trinajstić information content (AvgIpc) is 3.25. The second kappa shape index (κ2) is 7.91. The molecule has 0 saturated heterocycles. The standard InChI is InChI=1S/C24H25N3O4/c1-14-15(18-12-22(31-27-18)24(2,3)4)8-7-9-19(14)30-23-16-10-20(28-5)21(29-6)11-17(16)25-13-26-23/h7-13H,1-6H3. The molecule has 4 rings (SSSR count). The first-order valence-electron chi connectivity index (χ1n) is 9.93. The van der Waals surface area contributed by atoms with Crippen LogP contribution in [0.2, 0.25) is 0 Å². The van der Waals surface area contributed by atoms with E-state index in [9.17, 15) is 0 Å². The molecule has 160 valence electrons. The minimum Gasteiger partial charge on any atom is -0.493 e. The van der Waals surface area contributed by atoms with E-state index in [2.05, 4.69) is 35.9 Å². The van der Waals surface area contributed by atoms with Gasteiger partial charge >= 0.3 is 0 Å². The Morgan fingerprint density at radius 3 is 2.32 bits per heavy atom. The summed E-state index contributed by atoms with van der Waals surface area (Å²) in [6.45, 7) is 8.26. The van der Waals surface area contributed by atoms with Gasteiger partial charge in [-0.3, -0.25) is 0 Å². The molecule has 0 spiro atoms. The summed E-state index contributed by atoms with van der Waals surface area (Å²) < 4.78 is 22.6. The van der Waals surface area contributed by atoms with Gasteiger partial charge in [0, 0.05) is 28.7 Å². The van der Waals surface area contributed by atoms with E-state index in [0.29, 0.717) is 28.6 Å². The second-order valence-electron chi connectivity index (χ2n) is 8.26. The average molecular weight is 419 g/mol. The maximum Gasteiger partial charge on any atom is 0.230 e. The Morgan fingerprint density at radius 2 is 1.65 bits per heavy atom. The summed E-state index contributed by atoms with van der Waals surface area (Å²) in [5.41, 5.74) is 3.22. The zero-order chi connectivity index (χ0) is 22.2. The fourth-order valence-electron chi connectivity index (χ4n) is 3.30. The number of hydrogen-bond donors (Lipinski definition) is 0. The molecule has 0 saturated carbocycles. The van der Waals surface area contributed by atoms with E-state index in [-0.39, 0.29) is 5.41 Å². The van der Waals surface area contributed by atoms with Crippen LogP contribution in [-0.4, -0.2) is 29.3 Å². The first-order valence-corrected chi connectivity index (χ1v) is 9.93. The summed E-state index contributed by atoms with van der Waals surface area (Å²) in [7, 11) is 3.18. The molecule has 31 heavy (non-hydrogen) atoms. The lowest BCUT2D eigenvalue weighted by molar-refractivity contribution is 0.330. The molecule has 7 heteroatoms. The van der Waals surface area contributed by atoms with Gasteiger partial charge in [0.05, 0.1) is 25.1 Å². The number of rotatable bonds is 5. The fraction of sp³-hybridized carbons (Fsp3) is 0.292. The third-order valence-electron chi connectivity index (χ3n) is 5.12. The summed E-state index contributed by atoms with van der Waals surface area (Å²) in [6.07, 6.45) is 1.47. The second-order valence-corrected chi connectivity index (χ2v) is 8.26. The number of methoxy groups -OCH3 is 2. The first-order chi connectivity index (χ1) is 14.8. The largest absolute Gasteiger partial charge is 0.493 e. The molecule has 0 aliphatic heterocycles. The van der Waals surface area contributed by atoms with Crippen molar-refractivity contribution < 1.29 is 18.7 Å². The maximum atomic E-state index is 6.23. The van der Waals surface area contributed by atoms with E-state index in [1.807, 2.05) is 37.3 Å². The quantitative estimate of drug-likeness (QED) is 0.410. The minimum absolute atomic E-state index is 0.118. The van der Waals surface area contributed by atoms with Gasteiger partial charge in [0.15, 0.2) is 11.5 Å². The van der Waals surface area contributed by atoms with Gasteiger partial charge in [0.1, 0.15) is 23.5 Å². The number of fused-ring (bicyclic) bond motifs is 1. The highest BCUT2D eigenvalue weighted by Gasteiger charge is 2.21. The van der Waals surface area contributed by atoms with Crippen molar-refractivity contribution in [2.75, 3.05) is 14.2 Å². The van der Waals surface area contributed by atoms with Crippen LogP contribution in [0.4, 0.5) is 0 Å². The van der Waals surface area contributed by atoms with E-state index >= 15 is 0 Å². The topological polar surface area (TPSA) is 79.5 Å². The van der Waals surface area contributed by atoms with Crippen molar-refractivity contribution in [2.24, 2.45) is 0 Å². The zero-order valence-electron chi connectivity index (χ0n) is 18.5. The molecule has 2 aromatic heterocycles. The molecule has 0 atom stereocenters. The summed E-state index contributed by atoms with van der Waals surface area (Å²) >= 11 is 0. The van der Waals surface area contributed by atoms with E-state index in [4.69, 9.17) is 18.7 Å². The lowest BCUT2D eigenvalue weighted by Crippen LogP contribution is -2.09. The molecule has 0 aliphatic carbocycles. The molecule has 7 nitrogen and oxygen atoms in total. The predicted octanol–water partition coefficient (Wildman–Crippen LogP) is 5.70. The molecule has 0 N–H and O–H groups in total. The third kappa shape index (κ3) is 3.91. The van der Waals surface area contributed by atoms with Gasteiger partial charge in [-0.05, 0) is 19.1 Å². The molecule has 0 unspecified atom stereocenters. The zero-order valence-corrected chi connectivity index (χ0v) is 18.5. The van der Waals surface area contributed by atoms with E-state index < -0.39 is 0 Å². The normalized spacial score (nSPS) is 11.5. The van der Waals surface area contributed by atoms with Crippen LogP contribution in [0.3, 0.4) is 0 Å². The van der Waals surface area contributed by atoms with Crippen molar-refractivity contribution in [3.63, 3.8) is 0 Å². The number of ether oxygens (including phenoxy) is 3. The Hall–Kier alpha value is -3.61. The third-order valence-corrected chi connectivity index (χ3v) is 5.12. The first kappa shape index (κ1) is 20.7. The van der Waals surface area contributed by atoms with Crippen molar-refractivity contribution in [3.05, 3.63) is 54.0 Å². The number of aromatic nitrogens is 3. The molecule has 2 heterocycles. The molecule has 2 aromatic carbocycles. The van der Waals surface area contributed by atoms with Crippen molar-refractivity contribution in [2.45, 2.75) is 33.1 Å². The molecular weight excluding hydrogens is 394 g/mol. The molecule has 0 fully saturated rings. The molecule has 0 aliphatic rings. The molecule has 4 aromatic rings. The Kier molecular flexibility index (Phi) is 5.27.